The first kappa shape index (κ1) is 15.0. The molecule has 0 saturated heterocycles. The summed E-state index contributed by atoms with van der Waals surface area (Å²) in [6, 6.07) is 12.1. The number of hydrogen-bond acceptors (Lipinski definition) is 3. The van der Waals surface area contributed by atoms with E-state index in [2.05, 4.69) is 20.9 Å². The first-order valence-corrected chi connectivity index (χ1v) is 7.43. The maximum Gasteiger partial charge on any atom is 0.141 e. The van der Waals surface area contributed by atoms with Crippen molar-refractivity contribution in [2.24, 2.45) is 5.73 Å². The largest absolute Gasteiger partial charge is 0.487 e. The van der Waals surface area contributed by atoms with Gasteiger partial charge in [0.25, 0.3) is 0 Å². The van der Waals surface area contributed by atoms with E-state index in [1.54, 1.807) is 0 Å². The third kappa shape index (κ3) is 4.32. The molecule has 20 heavy (non-hydrogen) atoms. The van der Waals surface area contributed by atoms with E-state index in [0.717, 1.165) is 33.6 Å². The summed E-state index contributed by atoms with van der Waals surface area (Å²) in [6.07, 6.45) is 0.720. The van der Waals surface area contributed by atoms with E-state index in [0.29, 0.717) is 6.61 Å². The molecule has 1 heterocycles. The van der Waals surface area contributed by atoms with Crippen LogP contribution in [0.1, 0.15) is 23.9 Å². The molecule has 1 aromatic heterocycles. The van der Waals surface area contributed by atoms with E-state index in [4.69, 9.17) is 10.5 Å². The van der Waals surface area contributed by atoms with Crippen LogP contribution in [0.4, 0.5) is 0 Å². The van der Waals surface area contributed by atoms with Gasteiger partial charge in [0.2, 0.25) is 0 Å². The lowest BCUT2D eigenvalue weighted by atomic mass is 10.1. The van der Waals surface area contributed by atoms with Crippen molar-refractivity contribution in [3.8, 4) is 5.75 Å². The number of pyridine rings is 1. The molecule has 2 aromatic rings. The highest BCUT2D eigenvalue weighted by atomic mass is 79.9. The second kappa shape index (κ2) is 6.86. The molecule has 0 aliphatic heterocycles. The van der Waals surface area contributed by atoms with Crippen molar-refractivity contribution in [3.63, 3.8) is 0 Å². The second-order valence-electron chi connectivity index (χ2n) is 4.99. The standard InChI is InChI=1S/C16H19BrN2O/c1-11(18)9-15-16(8-3-12(2)19-15)20-10-13-4-6-14(17)7-5-13/h3-8,11H,9-10,18H2,1-2H3. The van der Waals surface area contributed by atoms with E-state index in [9.17, 15) is 0 Å². The summed E-state index contributed by atoms with van der Waals surface area (Å²) in [7, 11) is 0. The Morgan fingerprint density at radius 2 is 1.90 bits per heavy atom. The summed E-state index contributed by atoms with van der Waals surface area (Å²) < 4.78 is 6.95. The molecule has 0 amide bonds. The summed E-state index contributed by atoms with van der Waals surface area (Å²) in [4.78, 5) is 4.53. The van der Waals surface area contributed by atoms with Gasteiger partial charge in [0.15, 0.2) is 0 Å². The van der Waals surface area contributed by atoms with E-state index < -0.39 is 0 Å². The highest BCUT2D eigenvalue weighted by Crippen LogP contribution is 2.20. The van der Waals surface area contributed by atoms with Gasteiger partial charge in [-0.1, -0.05) is 28.1 Å². The Labute approximate surface area is 128 Å². The fraction of sp³-hybridized carbons (Fsp3) is 0.312. The highest BCUT2D eigenvalue weighted by molar-refractivity contribution is 9.10. The fourth-order valence-corrected chi connectivity index (χ4v) is 2.19. The summed E-state index contributed by atoms with van der Waals surface area (Å²) >= 11 is 3.42. The first-order chi connectivity index (χ1) is 9.54. The van der Waals surface area contributed by atoms with Crippen molar-refractivity contribution in [1.29, 1.82) is 0 Å². The van der Waals surface area contributed by atoms with Crippen LogP contribution in [0.5, 0.6) is 5.75 Å². The molecule has 2 N–H and O–H groups in total. The maximum absolute atomic E-state index is 5.89. The molecule has 1 aromatic carbocycles. The third-order valence-corrected chi connectivity index (χ3v) is 3.42. The zero-order chi connectivity index (χ0) is 14.5. The molecule has 1 unspecified atom stereocenters. The number of benzene rings is 1. The predicted molar refractivity (Wildman–Crippen MR) is 84.8 cm³/mol. The Balaban J connectivity index is 2.10. The molecule has 2 rings (SSSR count). The number of aromatic nitrogens is 1. The van der Waals surface area contributed by atoms with Gasteiger partial charge in [0, 0.05) is 22.6 Å². The van der Waals surface area contributed by atoms with Crippen LogP contribution >= 0.6 is 15.9 Å². The number of nitrogens with zero attached hydrogens (tertiary/aromatic N) is 1. The van der Waals surface area contributed by atoms with Crippen LogP contribution in [-0.2, 0) is 13.0 Å². The Morgan fingerprint density at radius 3 is 2.55 bits per heavy atom. The molecule has 4 heteroatoms. The number of rotatable bonds is 5. The lowest BCUT2D eigenvalue weighted by molar-refractivity contribution is 0.300. The van der Waals surface area contributed by atoms with Gasteiger partial charge >= 0.3 is 0 Å². The minimum atomic E-state index is 0.0688. The van der Waals surface area contributed by atoms with E-state index in [1.807, 2.05) is 50.2 Å². The van der Waals surface area contributed by atoms with Gasteiger partial charge in [-0.2, -0.15) is 0 Å². The molecule has 106 valence electrons. The number of halogens is 1. The van der Waals surface area contributed by atoms with E-state index in [1.165, 1.54) is 0 Å². The molecule has 1 atom stereocenters. The van der Waals surface area contributed by atoms with Gasteiger partial charge in [-0.3, -0.25) is 4.98 Å². The van der Waals surface area contributed by atoms with Crippen molar-refractivity contribution in [3.05, 3.63) is 57.8 Å². The average Bonchev–Trinajstić information content (AvgIpc) is 2.39. The predicted octanol–water partition coefficient (Wildman–Crippen LogP) is 3.62. The molecule has 0 radical (unpaired) electrons. The lowest BCUT2D eigenvalue weighted by Crippen LogP contribution is -2.19. The van der Waals surface area contributed by atoms with Gasteiger partial charge in [-0.05, 0) is 43.7 Å². The Bertz CT molecular complexity index is 567. The quantitative estimate of drug-likeness (QED) is 0.908. The highest BCUT2D eigenvalue weighted by Gasteiger charge is 2.08. The summed E-state index contributed by atoms with van der Waals surface area (Å²) in [5, 5.41) is 0. The second-order valence-corrected chi connectivity index (χ2v) is 5.91. The number of ether oxygens (including phenoxy) is 1. The molecular formula is C16H19BrN2O. The van der Waals surface area contributed by atoms with Crippen LogP contribution in [0.2, 0.25) is 0 Å². The Hall–Kier alpha value is -1.39. The molecule has 0 bridgehead atoms. The average molecular weight is 335 g/mol. The van der Waals surface area contributed by atoms with Crippen LogP contribution < -0.4 is 10.5 Å². The van der Waals surface area contributed by atoms with E-state index >= 15 is 0 Å². The van der Waals surface area contributed by atoms with Crippen molar-refractivity contribution in [2.45, 2.75) is 32.9 Å². The summed E-state index contributed by atoms with van der Waals surface area (Å²) in [5.74, 6) is 0.816. The summed E-state index contributed by atoms with van der Waals surface area (Å²) in [5.41, 5.74) is 8.90. The van der Waals surface area contributed by atoms with Gasteiger partial charge in [0.05, 0.1) is 5.69 Å². The van der Waals surface area contributed by atoms with Crippen molar-refractivity contribution in [1.82, 2.24) is 4.98 Å². The van der Waals surface area contributed by atoms with Crippen LogP contribution in [0.15, 0.2) is 40.9 Å². The van der Waals surface area contributed by atoms with Gasteiger partial charge in [-0.25, -0.2) is 0 Å². The Morgan fingerprint density at radius 1 is 1.20 bits per heavy atom. The SMILES string of the molecule is Cc1ccc(OCc2ccc(Br)cc2)c(CC(C)N)n1. The van der Waals surface area contributed by atoms with Gasteiger partial charge in [-0.15, -0.1) is 0 Å². The maximum atomic E-state index is 5.89. The molecule has 0 spiro atoms. The molecule has 3 nitrogen and oxygen atoms in total. The number of nitrogens with two attached hydrogens (primary N) is 1. The van der Waals surface area contributed by atoms with Gasteiger partial charge in [0.1, 0.15) is 12.4 Å². The number of hydrogen-bond donors (Lipinski definition) is 1. The molecule has 0 saturated carbocycles. The van der Waals surface area contributed by atoms with Crippen LogP contribution in [-0.4, -0.2) is 11.0 Å². The normalized spacial score (nSPS) is 12.2. The third-order valence-electron chi connectivity index (χ3n) is 2.89. The molecular weight excluding hydrogens is 316 g/mol. The van der Waals surface area contributed by atoms with Crippen LogP contribution in [0, 0.1) is 6.92 Å². The van der Waals surface area contributed by atoms with Crippen LogP contribution in [0.3, 0.4) is 0 Å². The lowest BCUT2D eigenvalue weighted by Gasteiger charge is -2.13. The minimum Gasteiger partial charge on any atom is -0.487 e. The van der Waals surface area contributed by atoms with Crippen molar-refractivity contribution >= 4 is 15.9 Å². The minimum absolute atomic E-state index is 0.0688. The first-order valence-electron chi connectivity index (χ1n) is 6.64. The smallest absolute Gasteiger partial charge is 0.141 e. The molecule has 0 aliphatic rings. The van der Waals surface area contributed by atoms with Crippen molar-refractivity contribution in [2.75, 3.05) is 0 Å². The Kier molecular flexibility index (Phi) is 5.15. The topological polar surface area (TPSA) is 48.1 Å². The molecule has 0 aliphatic carbocycles. The zero-order valence-corrected chi connectivity index (χ0v) is 13.4. The number of aryl methyl sites for hydroxylation is 1. The van der Waals surface area contributed by atoms with Crippen LogP contribution in [0.25, 0.3) is 0 Å². The monoisotopic (exact) mass is 334 g/mol. The van der Waals surface area contributed by atoms with Gasteiger partial charge < -0.3 is 10.5 Å². The van der Waals surface area contributed by atoms with E-state index in [-0.39, 0.29) is 6.04 Å². The van der Waals surface area contributed by atoms with Crippen molar-refractivity contribution < 1.29 is 4.74 Å². The zero-order valence-electron chi connectivity index (χ0n) is 11.8. The fourth-order valence-electron chi connectivity index (χ4n) is 1.92. The summed E-state index contributed by atoms with van der Waals surface area (Å²) in [6.45, 7) is 4.48. The molecule has 0 fully saturated rings.